The molecule has 0 radical (unpaired) electrons. The molecule has 0 aromatic heterocycles. The summed E-state index contributed by atoms with van der Waals surface area (Å²) in [4.78, 5) is 40.1. The first kappa shape index (κ1) is 34.9. The second-order valence-corrected chi connectivity index (χ2v) is 13.1. The SMILES string of the molecule is CCOP(=O)(OCC)C(O)[C@@H]1CC(=O)NCCCCCCCCC(c2ccccc2)C(=O)N[C@@H](CC(C)C)C(=O)N1. The van der Waals surface area contributed by atoms with Gasteiger partial charge >= 0.3 is 7.60 Å². The molecular weight excluding hydrogens is 545 g/mol. The van der Waals surface area contributed by atoms with Crippen molar-refractivity contribution in [2.75, 3.05) is 19.8 Å². The van der Waals surface area contributed by atoms with Gasteiger partial charge in [-0.05, 0) is 44.6 Å². The molecule has 4 atom stereocenters. The summed E-state index contributed by atoms with van der Waals surface area (Å²) in [5.41, 5.74) is 0.891. The molecule has 11 heteroatoms. The number of nitrogens with one attached hydrogen (secondary N) is 3. The number of carbonyl (C=O) groups excluding carboxylic acids is 3. The molecule has 1 aromatic rings. The van der Waals surface area contributed by atoms with E-state index in [2.05, 4.69) is 16.0 Å². The standard InChI is InChI=1S/C30H50N3O7P/c1-5-39-41(38,40-6-2)30(37)26-21-27(34)31-19-15-10-8-7-9-14-18-24(23-16-12-11-13-17-23)28(35)32-25(20-22(3)4)29(36)33-26/h11-13,16-17,22,24-26,30,37H,5-10,14-15,18-21H2,1-4H3,(H,31,34)(H,32,35)(H,33,36)/t24?,25-,26-,30?/m0/s1. The quantitative estimate of drug-likeness (QED) is 0.305. The lowest BCUT2D eigenvalue weighted by atomic mass is 9.91. The fourth-order valence-electron chi connectivity index (χ4n) is 5.07. The first-order valence-electron chi connectivity index (χ1n) is 15.1. The lowest BCUT2D eigenvalue weighted by Crippen LogP contribution is -2.54. The molecule has 0 spiro atoms. The van der Waals surface area contributed by atoms with Gasteiger partial charge in [-0.2, -0.15) is 0 Å². The van der Waals surface area contributed by atoms with E-state index in [1.807, 2.05) is 44.2 Å². The molecule has 4 N–H and O–H groups in total. The predicted octanol–water partition coefficient (Wildman–Crippen LogP) is 4.62. The molecule has 0 saturated carbocycles. The van der Waals surface area contributed by atoms with Gasteiger partial charge < -0.3 is 30.1 Å². The van der Waals surface area contributed by atoms with Gasteiger partial charge in [-0.15, -0.1) is 0 Å². The molecule has 41 heavy (non-hydrogen) atoms. The summed E-state index contributed by atoms with van der Waals surface area (Å²) >= 11 is 0. The van der Waals surface area contributed by atoms with Gasteiger partial charge in [-0.3, -0.25) is 18.9 Å². The first-order valence-corrected chi connectivity index (χ1v) is 16.7. The van der Waals surface area contributed by atoms with Gasteiger partial charge in [0.05, 0.1) is 25.2 Å². The number of rotatable bonds is 9. The Morgan fingerprint density at radius 2 is 1.51 bits per heavy atom. The Balaban J connectivity index is 2.40. The lowest BCUT2D eigenvalue weighted by Gasteiger charge is -2.31. The van der Waals surface area contributed by atoms with E-state index >= 15 is 0 Å². The number of hydrogen-bond donors (Lipinski definition) is 4. The summed E-state index contributed by atoms with van der Waals surface area (Å²) < 4.78 is 24.1. The predicted molar refractivity (Wildman–Crippen MR) is 159 cm³/mol. The highest BCUT2D eigenvalue weighted by atomic mass is 31.2. The summed E-state index contributed by atoms with van der Waals surface area (Å²) in [6, 6.07) is 7.38. The molecule has 1 fully saturated rings. The Kier molecular flexibility index (Phi) is 15.6. The zero-order valence-electron chi connectivity index (χ0n) is 25.1. The van der Waals surface area contributed by atoms with Crippen LogP contribution in [0.3, 0.4) is 0 Å². The van der Waals surface area contributed by atoms with Crippen molar-refractivity contribution in [1.29, 1.82) is 0 Å². The van der Waals surface area contributed by atoms with Gasteiger partial charge in [0.1, 0.15) is 6.04 Å². The summed E-state index contributed by atoms with van der Waals surface area (Å²) in [5.74, 6) is -3.36. The van der Waals surface area contributed by atoms with E-state index in [1.54, 1.807) is 13.8 Å². The maximum Gasteiger partial charge on any atom is 0.361 e. The third kappa shape index (κ3) is 11.9. The van der Waals surface area contributed by atoms with Gasteiger partial charge in [-0.1, -0.05) is 76.3 Å². The van der Waals surface area contributed by atoms with Crippen LogP contribution in [0.5, 0.6) is 0 Å². The van der Waals surface area contributed by atoms with E-state index in [0.29, 0.717) is 19.4 Å². The molecular formula is C30H50N3O7P. The van der Waals surface area contributed by atoms with Crippen LogP contribution in [0.25, 0.3) is 0 Å². The molecule has 1 aliphatic heterocycles. The number of hydrogen-bond acceptors (Lipinski definition) is 7. The van der Waals surface area contributed by atoms with Crippen molar-refractivity contribution in [3.8, 4) is 0 Å². The lowest BCUT2D eigenvalue weighted by molar-refractivity contribution is -0.131. The van der Waals surface area contributed by atoms with Crippen LogP contribution in [0.4, 0.5) is 0 Å². The van der Waals surface area contributed by atoms with Gasteiger partial charge in [-0.25, -0.2) is 0 Å². The van der Waals surface area contributed by atoms with E-state index < -0.39 is 43.3 Å². The molecule has 1 aromatic carbocycles. The van der Waals surface area contributed by atoms with E-state index in [1.165, 1.54) is 0 Å². The van der Waals surface area contributed by atoms with Crippen molar-refractivity contribution in [3.05, 3.63) is 35.9 Å². The molecule has 1 aliphatic rings. The topological polar surface area (TPSA) is 143 Å². The summed E-state index contributed by atoms with van der Waals surface area (Å²) in [5, 5.41) is 19.7. The van der Waals surface area contributed by atoms with E-state index in [-0.39, 0.29) is 31.5 Å². The minimum atomic E-state index is -4.08. The van der Waals surface area contributed by atoms with Crippen LogP contribution in [0, 0.1) is 5.92 Å². The summed E-state index contributed by atoms with van der Waals surface area (Å²) in [7, 11) is -4.08. The third-order valence-corrected chi connectivity index (χ3v) is 9.38. The fourth-order valence-corrected chi connectivity index (χ4v) is 6.80. The average Bonchev–Trinajstić information content (AvgIpc) is 2.93. The number of amides is 3. The molecule has 232 valence electrons. The van der Waals surface area contributed by atoms with Gasteiger partial charge in [0.25, 0.3) is 0 Å². The highest BCUT2D eigenvalue weighted by molar-refractivity contribution is 7.54. The third-order valence-electron chi connectivity index (χ3n) is 7.14. The minimum Gasteiger partial charge on any atom is -0.379 e. The fraction of sp³-hybridized carbons (Fsp3) is 0.700. The zero-order chi connectivity index (χ0) is 30.3. The Labute approximate surface area is 245 Å². The second kappa shape index (κ2) is 18.3. The highest BCUT2D eigenvalue weighted by Gasteiger charge is 2.42. The number of benzene rings is 1. The number of aliphatic hydroxyl groups is 1. The molecule has 10 nitrogen and oxygen atoms in total. The van der Waals surface area contributed by atoms with E-state index in [4.69, 9.17) is 9.05 Å². The highest BCUT2D eigenvalue weighted by Crippen LogP contribution is 2.53. The Bertz CT molecular complexity index is 982. The van der Waals surface area contributed by atoms with Crippen molar-refractivity contribution in [2.45, 2.75) is 109 Å². The molecule has 3 amide bonds. The molecule has 0 bridgehead atoms. The van der Waals surface area contributed by atoms with E-state index in [0.717, 1.165) is 44.1 Å². The molecule has 0 aliphatic carbocycles. The van der Waals surface area contributed by atoms with Crippen molar-refractivity contribution in [2.24, 2.45) is 5.92 Å². The number of carbonyl (C=O) groups is 3. The molecule has 2 rings (SSSR count). The minimum absolute atomic E-state index is 0.00804. The summed E-state index contributed by atoms with van der Waals surface area (Å²) in [6.45, 7) is 7.60. The Hall–Kier alpha value is -2.26. The van der Waals surface area contributed by atoms with Crippen LogP contribution in [-0.2, 0) is 28.0 Å². The average molecular weight is 596 g/mol. The monoisotopic (exact) mass is 595 g/mol. The maximum atomic E-state index is 13.7. The van der Waals surface area contributed by atoms with Crippen LogP contribution in [0.1, 0.15) is 97.0 Å². The largest absolute Gasteiger partial charge is 0.379 e. The zero-order valence-corrected chi connectivity index (χ0v) is 26.0. The molecule has 2 unspecified atom stereocenters. The normalized spacial score (nSPS) is 23.6. The maximum absolute atomic E-state index is 13.7. The van der Waals surface area contributed by atoms with Crippen LogP contribution in [0.15, 0.2) is 30.3 Å². The molecule has 1 heterocycles. The summed E-state index contributed by atoms with van der Waals surface area (Å²) in [6.07, 6.45) is 6.36. The van der Waals surface area contributed by atoms with Crippen LogP contribution in [-0.4, -0.2) is 60.5 Å². The van der Waals surface area contributed by atoms with Crippen molar-refractivity contribution in [1.82, 2.24) is 16.0 Å². The number of aliphatic hydroxyl groups excluding tert-OH is 1. The Morgan fingerprint density at radius 1 is 0.902 bits per heavy atom. The van der Waals surface area contributed by atoms with Gasteiger partial charge in [0.2, 0.25) is 17.7 Å². The smallest absolute Gasteiger partial charge is 0.361 e. The first-order chi connectivity index (χ1) is 19.6. The van der Waals surface area contributed by atoms with Gasteiger partial charge in [0.15, 0.2) is 5.85 Å². The second-order valence-electron chi connectivity index (χ2n) is 11.0. The van der Waals surface area contributed by atoms with Crippen molar-refractivity contribution in [3.63, 3.8) is 0 Å². The molecule has 1 saturated heterocycles. The van der Waals surface area contributed by atoms with Gasteiger partial charge in [0, 0.05) is 13.0 Å². The van der Waals surface area contributed by atoms with Crippen molar-refractivity contribution < 1.29 is 33.1 Å². The van der Waals surface area contributed by atoms with Crippen LogP contribution < -0.4 is 16.0 Å². The van der Waals surface area contributed by atoms with Crippen LogP contribution >= 0.6 is 7.60 Å². The van der Waals surface area contributed by atoms with Crippen LogP contribution in [0.2, 0.25) is 0 Å². The Morgan fingerprint density at radius 3 is 2.12 bits per heavy atom. The van der Waals surface area contributed by atoms with Crippen molar-refractivity contribution >= 4 is 25.3 Å². The van der Waals surface area contributed by atoms with E-state index in [9.17, 15) is 24.1 Å².